The number of hydrogen-bond acceptors (Lipinski definition) is 4. The first-order chi connectivity index (χ1) is 12.8. The van der Waals surface area contributed by atoms with Gasteiger partial charge in [0.2, 0.25) is 0 Å². The van der Waals surface area contributed by atoms with Crippen molar-refractivity contribution in [2.24, 2.45) is 0 Å². The molecule has 4 nitrogen and oxygen atoms in total. The van der Waals surface area contributed by atoms with Gasteiger partial charge in [-0.2, -0.15) is 0 Å². The molecule has 0 aliphatic heterocycles. The normalized spacial score (nSPS) is 9.44. The maximum absolute atomic E-state index is 11.1. The third kappa shape index (κ3) is 9.21. The highest BCUT2D eigenvalue weighted by atomic mass is 16.5. The summed E-state index contributed by atoms with van der Waals surface area (Å²) in [5.74, 6) is -0.730. The molecule has 4 heteroatoms. The van der Waals surface area contributed by atoms with Crippen molar-refractivity contribution in [3.63, 3.8) is 0 Å². The van der Waals surface area contributed by atoms with Crippen LogP contribution in [0.5, 0.6) is 0 Å². The lowest BCUT2D eigenvalue weighted by Crippen LogP contribution is -2.04. The highest BCUT2D eigenvalue weighted by Gasteiger charge is 2.02. The summed E-state index contributed by atoms with van der Waals surface area (Å²) in [4.78, 5) is 21.8. The van der Waals surface area contributed by atoms with Gasteiger partial charge in [-0.15, -0.1) is 0 Å². The van der Waals surface area contributed by atoms with E-state index in [4.69, 9.17) is 9.47 Å². The first-order valence-electron chi connectivity index (χ1n) is 8.54. The Morgan fingerprint density at radius 2 is 1.26 bits per heavy atom. The van der Waals surface area contributed by atoms with E-state index in [1.54, 1.807) is 6.92 Å². The Bertz CT molecular complexity index is 771. The Morgan fingerprint density at radius 3 is 1.63 bits per heavy atom. The lowest BCUT2D eigenvalue weighted by molar-refractivity contribution is -0.140. The van der Waals surface area contributed by atoms with E-state index in [0.29, 0.717) is 18.8 Å². The fourth-order valence-electron chi connectivity index (χ4n) is 1.85. The Hall–Kier alpha value is -3.14. The van der Waals surface area contributed by atoms with Crippen molar-refractivity contribution < 1.29 is 19.1 Å². The van der Waals surface area contributed by atoms with Gasteiger partial charge in [0.25, 0.3) is 0 Å². The lowest BCUT2D eigenvalue weighted by atomic mass is 10.2. The van der Waals surface area contributed by atoms with E-state index in [1.165, 1.54) is 11.1 Å². The summed E-state index contributed by atoms with van der Waals surface area (Å²) in [6.45, 7) is 13.1. The van der Waals surface area contributed by atoms with Gasteiger partial charge in [-0.1, -0.05) is 72.8 Å². The summed E-state index contributed by atoms with van der Waals surface area (Å²) in [6.07, 6.45) is 1.16. The van der Waals surface area contributed by atoms with E-state index in [-0.39, 0.29) is 11.9 Å². The van der Waals surface area contributed by atoms with Crippen molar-refractivity contribution in [3.8, 4) is 0 Å². The first kappa shape index (κ1) is 21.9. The number of carbonyl (C=O) groups is 2. The molecular formula is C23H26O4. The van der Waals surface area contributed by atoms with E-state index >= 15 is 0 Å². The van der Waals surface area contributed by atoms with Gasteiger partial charge in [0, 0.05) is 11.6 Å². The number of esters is 2. The van der Waals surface area contributed by atoms with Crippen molar-refractivity contribution in [2.75, 3.05) is 0 Å². The Morgan fingerprint density at radius 1 is 0.852 bits per heavy atom. The van der Waals surface area contributed by atoms with Crippen LogP contribution in [0.4, 0.5) is 0 Å². The summed E-state index contributed by atoms with van der Waals surface area (Å²) >= 11 is 0. The molecule has 0 atom stereocenters. The average molecular weight is 366 g/mol. The number of carbonyl (C=O) groups excluding carboxylic acids is 2. The smallest absolute Gasteiger partial charge is 0.333 e. The molecule has 0 saturated carbocycles. The molecule has 0 aliphatic carbocycles. The summed E-state index contributed by atoms with van der Waals surface area (Å²) < 4.78 is 9.85. The molecule has 0 saturated heterocycles. The van der Waals surface area contributed by atoms with Crippen molar-refractivity contribution in [2.45, 2.75) is 34.0 Å². The molecule has 0 aromatic heterocycles. The van der Waals surface area contributed by atoms with E-state index in [1.807, 2.05) is 62.4 Å². The summed E-state index contributed by atoms with van der Waals surface area (Å²) in [7, 11) is 0. The van der Waals surface area contributed by atoms with E-state index < -0.39 is 0 Å². The predicted octanol–water partition coefficient (Wildman–Crippen LogP) is 4.84. The predicted molar refractivity (Wildman–Crippen MR) is 107 cm³/mol. The second-order valence-corrected chi connectivity index (χ2v) is 6.14. The van der Waals surface area contributed by atoms with Gasteiger partial charge in [0.15, 0.2) is 0 Å². The maximum Gasteiger partial charge on any atom is 0.333 e. The molecule has 0 fully saturated rings. The van der Waals surface area contributed by atoms with Crippen molar-refractivity contribution in [3.05, 3.63) is 95.6 Å². The minimum atomic E-state index is -0.388. The Labute approximate surface area is 161 Å². The number of hydrogen-bond donors (Lipinski definition) is 0. The van der Waals surface area contributed by atoms with E-state index in [2.05, 4.69) is 13.2 Å². The van der Waals surface area contributed by atoms with Gasteiger partial charge >= 0.3 is 11.9 Å². The minimum Gasteiger partial charge on any atom is -0.458 e. The quantitative estimate of drug-likeness (QED) is 0.542. The van der Waals surface area contributed by atoms with Gasteiger partial charge in [0.1, 0.15) is 13.2 Å². The molecule has 142 valence electrons. The maximum atomic E-state index is 11.1. The largest absolute Gasteiger partial charge is 0.458 e. The molecule has 0 spiro atoms. The second kappa shape index (κ2) is 11.5. The summed E-state index contributed by atoms with van der Waals surface area (Å²) in [5.41, 5.74) is 4.79. The molecule has 2 rings (SSSR count). The van der Waals surface area contributed by atoms with Crippen molar-refractivity contribution in [1.82, 2.24) is 0 Å². The highest BCUT2D eigenvalue weighted by molar-refractivity contribution is 5.86. The fourth-order valence-corrected chi connectivity index (χ4v) is 1.85. The van der Waals surface area contributed by atoms with Crippen LogP contribution < -0.4 is 0 Å². The van der Waals surface area contributed by atoms with Gasteiger partial charge in [-0.05, 0) is 31.9 Å². The minimum absolute atomic E-state index is 0.311. The van der Waals surface area contributed by atoms with Crippen LogP contribution in [-0.2, 0) is 32.3 Å². The van der Waals surface area contributed by atoms with Crippen LogP contribution in [0, 0.1) is 13.8 Å². The molecule has 0 heterocycles. The molecule has 0 N–H and O–H groups in total. The first-order valence-corrected chi connectivity index (χ1v) is 8.54. The zero-order chi connectivity index (χ0) is 20.2. The molecule has 0 radical (unpaired) electrons. The van der Waals surface area contributed by atoms with Gasteiger partial charge in [-0.25, -0.2) is 9.59 Å². The number of benzene rings is 2. The number of ether oxygens (including phenoxy) is 2. The topological polar surface area (TPSA) is 52.6 Å². The Balaban J connectivity index is 0.000000271. The molecule has 0 amide bonds. The molecule has 0 aliphatic rings. The van der Waals surface area contributed by atoms with Crippen LogP contribution in [0.15, 0.2) is 73.3 Å². The lowest BCUT2D eigenvalue weighted by Gasteiger charge is -2.04. The zero-order valence-electron chi connectivity index (χ0n) is 16.2. The standard InChI is InChI=1S/C12H14O2.C11H12O2/c1-9(2)12(13)14-8-11-6-4-10(3)5-7-11;1-3-11(12)13-8-10-6-4-9(2)5-7-10/h4-7H,1,8H2,2-3H3;3-7H,1,8H2,2H3. The van der Waals surface area contributed by atoms with Crippen LogP contribution in [0.3, 0.4) is 0 Å². The van der Waals surface area contributed by atoms with E-state index in [0.717, 1.165) is 17.2 Å². The molecule has 2 aromatic rings. The summed E-state index contributed by atoms with van der Waals surface area (Å²) in [6, 6.07) is 15.7. The molecule has 2 aromatic carbocycles. The van der Waals surface area contributed by atoms with Crippen LogP contribution in [0.25, 0.3) is 0 Å². The second-order valence-electron chi connectivity index (χ2n) is 6.14. The highest BCUT2D eigenvalue weighted by Crippen LogP contribution is 2.06. The molecule has 0 bridgehead atoms. The fraction of sp³-hybridized carbons (Fsp3) is 0.217. The third-order valence-corrected chi connectivity index (χ3v) is 3.51. The van der Waals surface area contributed by atoms with Crippen LogP contribution in [0.1, 0.15) is 29.2 Å². The van der Waals surface area contributed by atoms with Crippen LogP contribution >= 0.6 is 0 Å². The Kier molecular flexibility index (Phi) is 9.30. The van der Waals surface area contributed by atoms with Gasteiger partial charge in [-0.3, -0.25) is 0 Å². The third-order valence-electron chi connectivity index (χ3n) is 3.51. The van der Waals surface area contributed by atoms with Crippen LogP contribution in [0.2, 0.25) is 0 Å². The average Bonchev–Trinajstić information content (AvgIpc) is 2.67. The van der Waals surface area contributed by atoms with Crippen molar-refractivity contribution >= 4 is 11.9 Å². The monoisotopic (exact) mass is 366 g/mol. The van der Waals surface area contributed by atoms with Gasteiger partial charge in [0.05, 0.1) is 0 Å². The van der Waals surface area contributed by atoms with Crippen LogP contribution in [-0.4, -0.2) is 11.9 Å². The number of aryl methyl sites for hydroxylation is 2. The number of rotatable bonds is 6. The molecule has 27 heavy (non-hydrogen) atoms. The summed E-state index contributed by atoms with van der Waals surface area (Å²) in [5, 5.41) is 0. The SMILES string of the molecule is C=C(C)C(=O)OCc1ccc(C)cc1.C=CC(=O)OCc1ccc(C)cc1. The molecule has 0 unspecified atom stereocenters. The van der Waals surface area contributed by atoms with Crippen molar-refractivity contribution in [1.29, 1.82) is 0 Å². The van der Waals surface area contributed by atoms with E-state index in [9.17, 15) is 9.59 Å². The zero-order valence-corrected chi connectivity index (χ0v) is 16.2. The molecular weight excluding hydrogens is 340 g/mol. The van der Waals surface area contributed by atoms with Gasteiger partial charge < -0.3 is 9.47 Å².